The molecule has 0 radical (unpaired) electrons. The first-order valence-electron chi connectivity index (χ1n) is 5.96. The lowest BCUT2D eigenvalue weighted by Crippen LogP contribution is -2.27. The van der Waals surface area contributed by atoms with Crippen LogP contribution in [-0.4, -0.2) is 18.4 Å². The first kappa shape index (κ1) is 12.6. The Bertz CT molecular complexity index is 485. The maximum atomic E-state index is 11.8. The van der Waals surface area contributed by atoms with Crippen LogP contribution in [0.15, 0.2) is 18.2 Å². The standard InChI is InChI=1S/C13H17N3O2/c1-8-3-4-11(5-9(8)2)15-12(17)6-10-7-14-16-13(10)18/h3-5,10,14H,6-7H2,1-2H3,(H,15,17)(H,16,18). The molecule has 1 unspecified atom stereocenters. The van der Waals surface area contributed by atoms with Crippen molar-refractivity contribution in [2.24, 2.45) is 5.92 Å². The van der Waals surface area contributed by atoms with E-state index in [-0.39, 0.29) is 24.2 Å². The van der Waals surface area contributed by atoms with Crippen LogP contribution in [0.2, 0.25) is 0 Å². The average molecular weight is 247 g/mol. The van der Waals surface area contributed by atoms with Crippen molar-refractivity contribution in [1.82, 2.24) is 10.9 Å². The summed E-state index contributed by atoms with van der Waals surface area (Å²) in [6.45, 7) is 4.52. The third kappa shape index (κ3) is 2.87. The first-order chi connectivity index (χ1) is 8.56. The summed E-state index contributed by atoms with van der Waals surface area (Å²) in [5, 5.41) is 2.81. The Labute approximate surface area is 106 Å². The molecule has 0 spiro atoms. The highest BCUT2D eigenvalue weighted by atomic mass is 16.2. The quantitative estimate of drug-likeness (QED) is 0.742. The molecule has 0 aliphatic carbocycles. The van der Waals surface area contributed by atoms with Crippen LogP contribution >= 0.6 is 0 Å². The minimum atomic E-state index is -0.281. The molecule has 1 aromatic rings. The lowest BCUT2D eigenvalue weighted by Gasteiger charge is -2.09. The van der Waals surface area contributed by atoms with Crippen LogP contribution in [0.1, 0.15) is 17.5 Å². The lowest BCUT2D eigenvalue weighted by molar-refractivity contribution is -0.126. The van der Waals surface area contributed by atoms with Gasteiger partial charge in [-0.1, -0.05) is 6.07 Å². The summed E-state index contributed by atoms with van der Waals surface area (Å²) in [6, 6.07) is 5.77. The smallest absolute Gasteiger partial charge is 0.239 e. The predicted molar refractivity (Wildman–Crippen MR) is 68.8 cm³/mol. The highest BCUT2D eigenvalue weighted by Crippen LogP contribution is 2.15. The summed E-state index contributed by atoms with van der Waals surface area (Å²) in [7, 11) is 0. The second-order valence-electron chi connectivity index (χ2n) is 4.62. The van der Waals surface area contributed by atoms with Gasteiger partial charge in [0.1, 0.15) is 0 Å². The maximum absolute atomic E-state index is 11.8. The molecule has 5 nitrogen and oxygen atoms in total. The monoisotopic (exact) mass is 247 g/mol. The van der Waals surface area contributed by atoms with Crippen LogP contribution in [0.25, 0.3) is 0 Å². The van der Waals surface area contributed by atoms with Crippen LogP contribution in [0, 0.1) is 19.8 Å². The van der Waals surface area contributed by atoms with Gasteiger partial charge in [-0.05, 0) is 37.1 Å². The van der Waals surface area contributed by atoms with Crippen molar-refractivity contribution in [2.45, 2.75) is 20.3 Å². The summed E-state index contributed by atoms with van der Waals surface area (Å²) in [6.07, 6.45) is 0.200. The minimum Gasteiger partial charge on any atom is -0.326 e. The maximum Gasteiger partial charge on any atom is 0.239 e. The Hall–Kier alpha value is -1.88. The van der Waals surface area contributed by atoms with E-state index in [0.717, 1.165) is 11.3 Å². The minimum absolute atomic E-state index is 0.120. The molecular formula is C13H17N3O2. The van der Waals surface area contributed by atoms with Gasteiger partial charge in [-0.15, -0.1) is 0 Å². The van der Waals surface area contributed by atoms with Gasteiger partial charge in [-0.3, -0.25) is 15.0 Å². The molecule has 5 heteroatoms. The van der Waals surface area contributed by atoms with E-state index in [9.17, 15) is 9.59 Å². The molecule has 0 aromatic heterocycles. The fourth-order valence-corrected chi connectivity index (χ4v) is 1.88. The lowest BCUT2D eigenvalue weighted by atomic mass is 10.1. The van der Waals surface area contributed by atoms with Crippen molar-refractivity contribution in [3.8, 4) is 0 Å². The molecule has 96 valence electrons. The van der Waals surface area contributed by atoms with Crippen molar-refractivity contribution in [1.29, 1.82) is 0 Å². The van der Waals surface area contributed by atoms with Crippen LogP contribution < -0.4 is 16.2 Å². The third-order valence-electron chi connectivity index (χ3n) is 3.15. The van der Waals surface area contributed by atoms with E-state index in [0.29, 0.717) is 6.54 Å². The summed E-state index contributed by atoms with van der Waals surface area (Å²) >= 11 is 0. The van der Waals surface area contributed by atoms with Crippen molar-refractivity contribution in [3.63, 3.8) is 0 Å². The van der Waals surface area contributed by atoms with Crippen molar-refractivity contribution < 1.29 is 9.59 Å². The topological polar surface area (TPSA) is 70.2 Å². The fourth-order valence-electron chi connectivity index (χ4n) is 1.88. The van der Waals surface area contributed by atoms with Gasteiger partial charge < -0.3 is 5.32 Å². The molecule has 1 aliphatic heterocycles. The molecule has 1 saturated heterocycles. The zero-order chi connectivity index (χ0) is 13.1. The number of rotatable bonds is 3. The number of hydrazine groups is 1. The number of aryl methyl sites for hydroxylation is 2. The molecule has 2 amide bonds. The van der Waals surface area contributed by atoms with Gasteiger partial charge >= 0.3 is 0 Å². The van der Waals surface area contributed by atoms with Gasteiger partial charge in [0.05, 0.1) is 5.92 Å². The molecule has 0 saturated carbocycles. The van der Waals surface area contributed by atoms with Crippen LogP contribution in [0.3, 0.4) is 0 Å². The number of hydrogen-bond acceptors (Lipinski definition) is 3. The highest BCUT2D eigenvalue weighted by molar-refractivity contribution is 5.94. The third-order valence-corrected chi connectivity index (χ3v) is 3.15. The number of carbonyl (C=O) groups excluding carboxylic acids is 2. The van der Waals surface area contributed by atoms with Crippen LogP contribution in [0.4, 0.5) is 5.69 Å². The molecule has 18 heavy (non-hydrogen) atoms. The van der Waals surface area contributed by atoms with E-state index >= 15 is 0 Å². The number of carbonyl (C=O) groups is 2. The summed E-state index contributed by atoms with van der Waals surface area (Å²) in [4.78, 5) is 23.1. The average Bonchev–Trinajstić information content (AvgIpc) is 2.70. The fraction of sp³-hybridized carbons (Fsp3) is 0.385. The molecule has 1 heterocycles. The van der Waals surface area contributed by atoms with E-state index in [1.807, 2.05) is 32.0 Å². The number of anilines is 1. The van der Waals surface area contributed by atoms with E-state index in [1.54, 1.807) is 0 Å². The summed E-state index contributed by atoms with van der Waals surface area (Å²) in [5.41, 5.74) is 8.31. The first-order valence-corrected chi connectivity index (χ1v) is 5.96. The van der Waals surface area contributed by atoms with Gasteiger partial charge in [-0.2, -0.15) is 0 Å². The number of amides is 2. The zero-order valence-electron chi connectivity index (χ0n) is 10.5. The molecular weight excluding hydrogens is 230 g/mol. The predicted octanol–water partition coefficient (Wildman–Crippen LogP) is 0.883. The number of hydrogen-bond donors (Lipinski definition) is 3. The van der Waals surface area contributed by atoms with Crippen molar-refractivity contribution >= 4 is 17.5 Å². The molecule has 1 aliphatic rings. The van der Waals surface area contributed by atoms with E-state index in [2.05, 4.69) is 16.2 Å². The Morgan fingerprint density at radius 2 is 2.17 bits per heavy atom. The second kappa shape index (κ2) is 5.18. The highest BCUT2D eigenvalue weighted by Gasteiger charge is 2.26. The second-order valence-corrected chi connectivity index (χ2v) is 4.62. The van der Waals surface area contributed by atoms with Gasteiger partial charge in [0.25, 0.3) is 0 Å². The molecule has 1 atom stereocenters. The largest absolute Gasteiger partial charge is 0.326 e. The SMILES string of the molecule is Cc1ccc(NC(=O)CC2CNNC2=O)cc1C. The van der Waals surface area contributed by atoms with Crippen LogP contribution in [0.5, 0.6) is 0 Å². The van der Waals surface area contributed by atoms with E-state index in [4.69, 9.17) is 0 Å². The van der Waals surface area contributed by atoms with E-state index in [1.165, 1.54) is 5.56 Å². The molecule has 1 aromatic carbocycles. The number of nitrogens with one attached hydrogen (secondary N) is 3. The van der Waals surface area contributed by atoms with Gasteiger partial charge in [0.15, 0.2) is 0 Å². The molecule has 0 bridgehead atoms. The Morgan fingerprint density at radius 3 is 2.78 bits per heavy atom. The van der Waals surface area contributed by atoms with Gasteiger partial charge in [0.2, 0.25) is 11.8 Å². The molecule has 2 rings (SSSR count). The normalized spacial score (nSPS) is 18.6. The number of benzene rings is 1. The molecule has 1 fully saturated rings. The van der Waals surface area contributed by atoms with Crippen molar-refractivity contribution in [3.05, 3.63) is 29.3 Å². The molecule has 3 N–H and O–H groups in total. The Morgan fingerprint density at radius 1 is 1.39 bits per heavy atom. The van der Waals surface area contributed by atoms with Gasteiger partial charge in [-0.25, -0.2) is 5.43 Å². The van der Waals surface area contributed by atoms with Crippen LogP contribution in [-0.2, 0) is 9.59 Å². The Balaban J connectivity index is 1.94. The van der Waals surface area contributed by atoms with E-state index < -0.39 is 0 Å². The zero-order valence-corrected chi connectivity index (χ0v) is 10.5. The summed E-state index contributed by atoms with van der Waals surface area (Å²) < 4.78 is 0. The van der Waals surface area contributed by atoms with Gasteiger partial charge in [0, 0.05) is 18.7 Å². The van der Waals surface area contributed by atoms with Crippen molar-refractivity contribution in [2.75, 3.05) is 11.9 Å². The Kier molecular flexibility index (Phi) is 3.62. The summed E-state index contributed by atoms with van der Waals surface area (Å²) in [5.74, 6) is -0.538.